The highest BCUT2D eigenvalue weighted by Gasteiger charge is 2.14. The summed E-state index contributed by atoms with van der Waals surface area (Å²) in [6.45, 7) is 8.13. The van der Waals surface area contributed by atoms with Crippen LogP contribution < -0.4 is 10.4 Å². The zero-order valence-corrected chi connectivity index (χ0v) is 14.7. The molecule has 0 bridgehead atoms. The number of esters is 1. The smallest absolute Gasteiger partial charge is 0.336 e. The van der Waals surface area contributed by atoms with E-state index in [-0.39, 0.29) is 5.97 Å². The van der Waals surface area contributed by atoms with Gasteiger partial charge in [0.2, 0.25) is 0 Å². The fourth-order valence-corrected chi connectivity index (χ4v) is 2.35. The fourth-order valence-electron chi connectivity index (χ4n) is 2.35. The number of benzene rings is 1. The standard InChI is InChI=1S/C20H24O4/c1-13(2)5-9-16-17(23-18(21)11-6-14(3)4)10-7-15-8-12-19(22)24-20(15)16/h5,7-8,10,12,14H,6,9,11H2,1-4H3. The summed E-state index contributed by atoms with van der Waals surface area (Å²) in [4.78, 5) is 23.7. The molecule has 1 aromatic heterocycles. The van der Waals surface area contributed by atoms with Crippen molar-refractivity contribution in [3.8, 4) is 5.75 Å². The van der Waals surface area contributed by atoms with Gasteiger partial charge in [0.25, 0.3) is 0 Å². The van der Waals surface area contributed by atoms with E-state index in [1.54, 1.807) is 18.2 Å². The minimum atomic E-state index is -0.413. The van der Waals surface area contributed by atoms with Crippen molar-refractivity contribution >= 4 is 16.9 Å². The van der Waals surface area contributed by atoms with Gasteiger partial charge in [0.1, 0.15) is 11.3 Å². The lowest BCUT2D eigenvalue weighted by Gasteiger charge is -2.11. The average Bonchev–Trinajstić information content (AvgIpc) is 2.51. The van der Waals surface area contributed by atoms with E-state index in [0.29, 0.717) is 30.1 Å². The van der Waals surface area contributed by atoms with Crippen LogP contribution in [-0.2, 0) is 11.2 Å². The minimum Gasteiger partial charge on any atom is -0.426 e. The van der Waals surface area contributed by atoms with Gasteiger partial charge in [-0.2, -0.15) is 0 Å². The van der Waals surface area contributed by atoms with Crippen LogP contribution in [0.3, 0.4) is 0 Å². The van der Waals surface area contributed by atoms with Crippen LogP contribution in [0.15, 0.2) is 45.1 Å². The van der Waals surface area contributed by atoms with Crippen molar-refractivity contribution in [2.75, 3.05) is 0 Å². The molecule has 0 saturated heterocycles. The highest BCUT2D eigenvalue weighted by atomic mass is 16.5. The van der Waals surface area contributed by atoms with Crippen LogP contribution in [-0.4, -0.2) is 5.97 Å². The van der Waals surface area contributed by atoms with Crippen molar-refractivity contribution in [1.29, 1.82) is 0 Å². The summed E-state index contributed by atoms with van der Waals surface area (Å²) in [6, 6.07) is 6.68. The maximum atomic E-state index is 12.1. The first kappa shape index (κ1) is 18.0. The Morgan fingerprint density at radius 2 is 1.92 bits per heavy atom. The predicted octanol–water partition coefficient (Wildman–Crippen LogP) is 4.64. The Balaban J connectivity index is 2.40. The van der Waals surface area contributed by atoms with Gasteiger partial charge in [-0.1, -0.05) is 25.5 Å². The molecule has 0 atom stereocenters. The molecular weight excluding hydrogens is 304 g/mol. The molecule has 0 aliphatic rings. The summed E-state index contributed by atoms with van der Waals surface area (Å²) >= 11 is 0. The first-order valence-electron chi connectivity index (χ1n) is 8.26. The summed E-state index contributed by atoms with van der Waals surface area (Å²) in [5.74, 6) is 0.639. The monoisotopic (exact) mass is 328 g/mol. The molecule has 0 fully saturated rings. The van der Waals surface area contributed by atoms with Crippen LogP contribution in [0.1, 0.15) is 46.1 Å². The third kappa shape index (κ3) is 4.82. The van der Waals surface area contributed by atoms with E-state index in [2.05, 4.69) is 13.8 Å². The predicted molar refractivity (Wildman–Crippen MR) is 95.3 cm³/mol. The highest BCUT2D eigenvalue weighted by molar-refractivity contribution is 5.84. The molecule has 128 valence electrons. The first-order valence-corrected chi connectivity index (χ1v) is 8.26. The molecule has 4 nitrogen and oxygen atoms in total. The Bertz CT molecular complexity index is 808. The third-order valence-electron chi connectivity index (χ3n) is 3.71. The van der Waals surface area contributed by atoms with E-state index in [4.69, 9.17) is 9.15 Å². The van der Waals surface area contributed by atoms with Gasteiger partial charge >= 0.3 is 11.6 Å². The lowest BCUT2D eigenvalue weighted by Crippen LogP contribution is -2.10. The van der Waals surface area contributed by atoms with Crippen molar-refractivity contribution in [1.82, 2.24) is 0 Å². The van der Waals surface area contributed by atoms with E-state index in [9.17, 15) is 9.59 Å². The molecule has 1 heterocycles. The zero-order valence-electron chi connectivity index (χ0n) is 14.7. The normalized spacial score (nSPS) is 10.9. The van der Waals surface area contributed by atoms with Gasteiger partial charge in [-0.05, 0) is 50.8 Å². The van der Waals surface area contributed by atoms with E-state index >= 15 is 0 Å². The summed E-state index contributed by atoms with van der Waals surface area (Å²) in [7, 11) is 0. The van der Waals surface area contributed by atoms with Gasteiger partial charge in [0.05, 0.1) is 0 Å². The number of fused-ring (bicyclic) bond motifs is 1. The molecule has 0 N–H and O–H groups in total. The van der Waals surface area contributed by atoms with Crippen LogP contribution in [0.2, 0.25) is 0 Å². The number of ether oxygens (including phenoxy) is 1. The fraction of sp³-hybridized carbons (Fsp3) is 0.400. The van der Waals surface area contributed by atoms with Crippen LogP contribution in [0, 0.1) is 5.92 Å². The number of hydrogen-bond acceptors (Lipinski definition) is 4. The molecule has 4 heteroatoms. The molecule has 2 rings (SSSR count). The Hall–Kier alpha value is -2.36. The second-order valence-electron chi connectivity index (χ2n) is 6.61. The van der Waals surface area contributed by atoms with Crippen LogP contribution in [0.4, 0.5) is 0 Å². The Morgan fingerprint density at radius 3 is 2.58 bits per heavy atom. The lowest BCUT2D eigenvalue weighted by atomic mass is 10.0. The second-order valence-corrected chi connectivity index (χ2v) is 6.61. The lowest BCUT2D eigenvalue weighted by molar-refractivity contribution is -0.134. The molecule has 0 aliphatic carbocycles. The Labute approximate surface area is 142 Å². The Morgan fingerprint density at radius 1 is 1.21 bits per heavy atom. The average molecular weight is 328 g/mol. The van der Waals surface area contributed by atoms with E-state index in [1.807, 2.05) is 19.9 Å². The topological polar surface area (TPSA) is 56.5 Å². The van der Waals surface area contributed by atoms with Gasteiger partial charge in [-0.25, -0.2) is 4.79 Å². The SMILES string of the molecule is CC(C)=CCc1c(OC(=O)CCC(C)C)ccc2ccc(=O)oc12. The molecule has 0 unspecified atom stereocenters. The van der Waals surface area contributed by atoms with Crippen LogP contribution >= 0.6 is 0 Å². The summed E-state index contributed by atoms with van der Waals surface area (Å²) in [5.41, 5.74) is 1.94. The number of rotatable bonds is 6. The van der Waals surface area contributed by atoms with Crippen molar-refractivity contribution in [3.63, 3.8) is 0 Å². The van der Waals surface area contributed by atoms with Crippen molar-refractivity contribution < 1.29 is 13.9 Å². The maximum absolute atomic E-state index is 12.1. The maximum Gasteiger partial charge on any atom is 0.336 e. The second kappa shape index (κ2) is 7.95. The Kier molecular flexibility index (Phi) is 5.96. The van der Waals surface area contributed by atoms with Gasteiger partial charge in [-0.3, -0.25) is 4.79 Å². The van der Waals surface area contributed by atoms with E-state index in [1.165, 1.54) is 6.07 Å². The molecular formula is C20H24O4. The summed E-state index contributed by atoms with van der Waals surface area (Å²) in [5, 5.41) is 0.814. The molecule has 0 spiro atoms. The number of allylic oxidation sites excluding steroid dienone is 2. The van der Waals surface area contributed by atoms with E-state index < -0.39 is 5.63 Å². The number of carbonyl (C=O) groups excluding carboxylic acids is 1. The molecule has 0 saturated carbocycles. The quantitative estimate of drug-likeness (QED) is 0.335. The van der Waals surface area contributed by atoms with Crippen LogP contribution in [0.5, 0.6) is 5.75 Å². The van der Waals surface area contributed by atoms with Gasteiger partial charge in [-0.15, -0.1) is 0 Å². The molecule has 24 heavy (non-hydrogen) atoms. The number of carbonyl (C=O) groups is 1. The number of hydrogen-bond donors (Lipinski definition) is 0. The zero-order chi connectivity index (χ0) is 17.7. The first-order chi connectivity index (χ1) is 11.4. The van der Waals surface area contributed by atoms with Gasteiger partial charge < -0.3 is 9.15 Å². The minimum absolute atomic E-state index is 0.264. The largest absolute Gasteiger partial charge is 0.426 e. The van der Waals surface area contributed by atoms with Crippen LogP contribution in [0.25, 0.3) is 11.0 Å². The molecule has 2 aromatic rings. The third-order valence-corrected chi connectivity index (χ3v) is 3.71. The summed E-state index contributed by atoms with van der Waals surface area (Å²) in [6.07, 6.45) is 3.72. The van der Waals surface area contributed by atoms with Gasteiger partial charge in [0, 0.05) is 23.4 Å². The van der Waals surface area contributed by atoms with Crippen molar-refractivity contribution in [2.45, 2.75) is 47.0 Å². The van der Waals surface area contributed by atoms with E-state index in [0.717, 1.165) is 22.9 Å². The molecule has 0 radical (unpaired) electrons. The highest BCUT2D eigenvalue weighted by Crippen LogP contribution is 2.29. The van der Waals surface area contributed by atoms with Gasteiger partial charge in [0.15, 0.2) is 0 Å². The van der Waals surface area contributed by atoms with Crippen molar-refractivity contribution in [2.24, 2.45) is 5.92 Å². The molecule has 0 aliphatic heterocycles. The summed E-state index contributed by atoms with van der Waals surface area (Å²) < 4.78 is 10.9. The molecule has 0 amide bonds. The molecule has 1 aromatic carbocycles. The van der Waals surface area contributed by atoms with Crippen molar-refractivity contribution in [3.05, 3.63) is 51.9 Å².